The van der Waals surface area contributed by atoms with E-state index in [1.807, 2.05) is 0 Å². The Bertz CT molecular complexity index is 1150. The lowest BCUT2D eigenvalue weighted by Crippen LogP contribution is -2.27. The number of hydrogen-bond acceptors (Lipinski definition) is 3. The number of pyridine rings is 1. The summed E-state index contributed by atoms with van der Waals surface area (Å²) in [6, 6.07) is 9.86. The second-order valence-corrected chi connectivity index (χ2v) is 5.99. The van der Waals surface area contributed by atoms with Gasteiger partial charge in [-0.15, -0.1) is 0 Å². The molecule has 0 saturated carbocycles. The van der Waals surface area contributed by atoms with E-state index in [2.05, 4.69) is 40.1 Å². The maximum absolute atomic E-state index is 12.7. The van der Waals surface area contributed by atoms with Gasteiger partial charge < -0.3 is 4.98 Å². The summed E-state index contributed by atoms with van der Waals surface area (Å²) < 4.78 is 1.76. The second-order valence-electron chi connectivity index (χ2n) is 5.99. The van der Waals surface area contributed by atoms with Crippen LogP contribution in [0.2, 0.25) is 0 Å². The first-order chi connectivity index (χ1) is 11.2. The highest BCUT2D eigenvalue weighted by molar-refractivity contribution is 5.92. The van der Waals surface area contributed by atoms with E-state index in [1.54, 1.807) is 22.9 Å². The van der Waals surface area contributed by atoms with Gasteiger partial charge in [0.15, 0.2) is 11.5 Å². The molecule has 4 heterocycles. The quantitative estimate of drug-likeness (QED) is 0.543. The van der Waals surface area contributed by atoms with Crippen LogP contribution < -0.4 is 5.56 Å². The van der Waals surface area contributed by atoms with Gasteiger partial charge in [0.25, 0.3) is 5.56 Å². The molecule has 23 heavy (non-hydrogen) atoms. The summed E-state index contributed by atoms with van der Waals surface area (Å²) in [6.45, 7) is 2.74. The van der Waals surface area contributed by atoms with E-state index in [-0.39, 0.29) is 5.56 Å². The summed E-state index contributed by atoms with van der Waals surface area (Å²) in [5, 5.41) is 1.80. The molecule has 3 aromatic heterocycles. The summed E-state index contributed by atoms with van der Waals surface area (Å²) in [4.78, 5) is 25.1. The molecule has 0 aliphatic carbocycles. The number of rotatable bonds is 0. The van der Waals surface area contributed by atoms with Crippen molar-refractivity contribution in [1.82, 2.24) is 19.5 Å². The SMILES string of the molecule is Cc1cccc2c3c([nH]c12)-c1nc2ncccc2c(=O)n1CC3. The lowest BCUT2D eigenvalue weighted by atomic mass is 10.0. The molecule has 0 saturated heterocycles. The van der Waals surface area contributed by atoms with Gasteiger partial charge in [-0.05, 0) is 36.6 Å². The molecule has 1 aliphatic heterocycles. The van der Waals surface area contributed by atoms with Crippen molar-refractivity contribution >= 4 is 21.9 Å². The van der Waals surface area contributed by atoms with Gasteiger partial charge in [-0.1, -0.05) is 18.2 Å². The molecule has 4 aromatic rings. The van der Waals surface area contributed by atoms with Gasteiger partial charge in [0.1, 0.15) is 0 Å². The molecule has 5 rings (SSSR count). The van der Waals surface area contributed by atoms with Gasteiger partial charge in [-0.25, -0.2) is 9.97 Å². The number of fused-ring (bicyclic) bond motifs is 6. The van der Waals surface area contributed by atoms with Crippen molar-refractivity contribution < 1.29 is 0 Å². The lowest BCUT2D eigenvalue weighted by molar-refractivity contribution is 0.652. The van der Waals surface area contributed by atoms with Crippen molar-refractivity contribution in [3.05, 3.63) is 58.0 Å². The first kappa shape index (κ1) is 12.6. The predicted molar refractivity (Wildman–Crippen MR) is 89.5 cm³/mol. The molecule has 1 N–H and O–H groups in total. The molecular formula is C18H14N4O. The van der Waals surface area contributed by atoms with Gasteiger partial charge in [0.2, 0.25) is 0 Å². The van der Waals surface area contributed by atoms with E-state index in [4.69, 9.17) is 0 Å². The van der Waals surface area contributed by atoms with Crippen molar-refractivity contribution in [2.24, 2.45) is 0 Å². The number of nitrogens with one attached hydrogen (secondary N) is 1. The zero-order chi connectivity index (χ0) is 15.6. The highest BCUT2D eigenvalue weighted by Crippen LogP contribution is 2.34. The summed E-state index contributed by atoms with van der Waals surface area (Å²) in [7, 11) is 0. The van der Waals surface area contributed by atoms with Crippen LogP contribution in [0.15, 0.2) is 41.3 Å². The summed E-state index contributed by atoms with van der Waals surface area (Å²) in [5.41, 5.74) is 5.01. The minimum absolute atomic E-state index is 0.0147. The third-order valence-electron chi connectivity index (χ3n) is 4.69. The Morgan fingerprint density at radius 1 is 1.17 bits per heavy atom. The standard InChI is InChI=1S/C18H14N4O/c1-10-4-2-5-11-12-7-9-22-17(15(12)20-14(10)11)21-16-13(18(22)23)6-3-8-19-16/h2-6,8,20H,7,9H2,1H3. The van der Waals surface area contributed by atoms with Crippen LogP contribution in [-0.4, -0.2) is 19.5 Å². The zero-order valence-corrected chi connectivity index (χ0v) is 12.6. The number of para-hydroxylation sites is 1. The predicted octanol–water partition coefficient (Wildman–Crippen LogP) is 2.80. The largest absolute Gasteiger partial charge is 0.352 e. The Morgan fingerprint density at radius 2 is 2.04 bits per heavy atom. The zero-order valence-electron chi connectivity index (χ0n) is 12.6. The van der Waals surface area contributed by atoms with E-state index >= 15 is 0 Å². The van der Waals surface area contributed by atoms with E-state index in [1.165, 1.54) is 16.5 Å². The molecule has 5 heteroatoms. The summed E-state index contributed by atoms with van der Waals surface area (Å²) in [5.74, 6) is 0.693. The Morgan fingerprint density at radius 3 is 2.96 bits per heavy atom. The maximum atomic E-state index is 12.7. The van der Waals surface area contributed by atoms with Crippen molar-refractivity contribution in [3.63, 3.8) is 0 Å². The van der Waals surface area contributed by atoms with E-state index in [0.29, 0.717) is 23.4 Å². The van der Waals surface area contributed by atoms with Gasteiger partial charge in [0.05, 0.1) is 11.1 Å². The minimum atomic E-state index is -0.0147. The second kappa shape index (κ2) is 4.29. The lowest BCUT2D eigenvalue weighted by Gasteiger charge is -2.18. The van der Waals surface area contributed by atoms with E-state index in [9.17, 15) is 4.79 Å². The molecule has 112 valence electrons. The van der Waals surface area contributed by atoms with Crippen LogP contribution in [0.25, 0.3) is 33.5 Å². The number of aromatic amines is 1. The van der Waals surface area contributed by atoms with Crippen molar-refractivity contribution in [1.29, 1.82) is 0 Å². The molecule has 0 radical (unpaired) electrons. The topological polar surface area (TPSA) is 63.6 Å². The van der Waals surface area contributed by atoms with Crippen LogP contribution in [0.3, 0.4) is 0 Å². The van der Waals surface area contributed by atoms with Crippen LogP contribution in [0, 0.1) is 6.92 Å². The van der Waals surface area contributed by atoms with Gasteiger partial charge >= 0.3 is 0 Å². The summed E-state index contributed by atoms with van der Waals surface area (Å²) >= 11 is 0. The van der Waals surface area contributed by atoms with Crippen molar-refractivity contribution in [2.45, 2.75) is 19.9 Å². The summed E-state index contributed by atoms with van der Waals surface area (Å²) in [6.07, 6.45) is 2.50. The Labute approximate surface area is 131 Å². The van der Waals surface area contributed by atoms with Crippen LogP contribution >= 0.6 is 0 Å². The average molecular weight is 302 g/mol. The van der Waals surface area contributed by atoms with E-state index < -0.39 is 0 Å². The van der Waals surface area contributed by atoms with Crippen molar-refractivity contribution in [2.75, 3.05) is 0 Å². The van der Waals surface area contributed by atoms with Gasteiger partial charge in [-0.2, -0.15) is 0 Å². The fourth-order valence-corrected chi connectivity index (χ4v) is 3.55. The normalized spacial score (nSPS) is 13.3. The number of aromatic nitrogens is 4. The average Bonchev–Trinajstić information content (AvgIpc) is 2.96. The van der Waals surface area contributed by atoms with Crippen LogP contribution in [-0.2, 0) is 13.0 Å². The van der Waals surface area contributed by atoms with E-state index in [0.717, 1.165) is 17.6 Å². The first-order valence-electron chi connectivity index (χ1n) is 7.70. The molecule has 0 atom stereocenters. The molecule has 1 aliphatic rings. The van der Waals surface area contributed by atoms with Crippen LogP contribution in [0.4, 0.5) is 0 Å². The number of nitrogens with zero attached hydrogens (tertiary/aromatic N) is 3. The van der Waals surface area contributed by atoms with Crippen molar-refractivity contribution in [3.8, 4) is 11.5 Å². The van der Waals surface area contributed by atoms with Gasteiger partial charge in [-0.3, -0.25) is 9.36 Å². The smallest absolute Gasteiger partial charge is 0.263 e. The fourth-order valence-electron chi connectivity index (χ4n) is 3.55. The molecule has 0 unspecified atom stereocenters. The molecule has 1 aromatic carbocycles. The number of H-pyrrole nitrogens is 1. The highest BCUT2D eigenvalue weighted by Gasteiger charge is 2.24. The molecule has 5 nitrogen and oxygen atoms in total. The fraction of sp³-hybridized carbons (Fsp3) is 0.167. The number of aryl methyl sites for hydroxylation is 2. The molecule has 0 fully saturated rings. The molecule has 0 bridgehead atoms. The molecular weight excluding hydrogens is 288 g/mol. The first-order valence-corrected chi connectivity index (χ1v) is 7.70. The highest BCUT2D eigenvalue weighted by atomic mass is 16.1. The Balaban J connectivity index is 1.93. The van der Waals surface area contributed by atoms with Gasteiger partial charge in [0, 0.05) is 23.6 Å². The monoisotopic (exact) mass is 302 g/mol. The molecule has 0 amide bonds. The Hall–Kier alpha value is -2.95. The maximum Gasteiger partial charge on any atom is 0.263 e. The third kappa shape index (κ3) is 1.59. The Kier molecular flexibility index (Phi) is 2.34. The minimum Gasteiger partial charge on any atom is -0.352 e. The molecule has 0 spiro atoms. The third-order valence-corrected chi connectivity index (χ3v) is 4.69. The number of hydrogen-bond donors (Lipinski definition) is 1. The van der Waals surface area contributed by atoms with Crippen LogP contribution in [0.5, 0.6) is 0 Å². The van der Waals surface area contributed by atoms with Crippen LogP contribution in [0.1, 0.15) is 11.1 Å². The number of benzene rings is 1.